The topological polar surface area (TPSA) is 52.3 Å². The molecule has 0 atom stereocenters. The van der Waals surface area contributed by atoms with Crippen molar-refractivity contribution in [2.45, 2.75) is 12.1 Å². The van der Waals surface area contributed by atoms with Gasteiger partial charge in [-0.3, -0.25) is 0 Å². The summed E-state index contributed by atoms with van der Waals surface area (Å²) >= 11 is 6.67. The highest BCUT2D eigenvalue weighted by Crippen LogP contribution is 2.43. The Hall–Kier alpha value is -3.40. The molecule has 0 unspecified atom stereocenters. The van der Waals surface area contributed by atoms with Gasteiger partial charge in [0.05, 0.1) is 5.56 Å². The molecule has 0 heterocycles. The van der Waals surface area contributed by atoms with E-state index in [1.807, 2.05) is 91.0 Å². The second-order valence-corrected chi connectivity index (χ2v) is 7.59. The zero-order chi connectivity index (χ0) is 21.7. The summed E-state index contributed by atoms with van der Waals surface area (Å²) < 4.78 is 6.38. The van der Waals surface area contributed by atoms with Crippen molar-refractivity contribution >= 4 is 17.6 Å². The summed E-state index contributed by atoms with van der Waals surface area (Å²) in [6.07, 6.45) is 0. The first-order valence-corrected chi connectivity index (χ1v) is 10.4. The first-order valence-electron chi connectivity index (χ1n) is 10.0. The van der Waals surface area contributed by atoms with E-state index >= 15 is 0 Å². The molecule has 0 bridgehead atoms. The minimum Gasteiger partial charge on any atom is -0.441 e. The standard InChI is InChI=1S/C27H22ClNO2/c28-25-14-8-7-13-24(25)27(22-9-3-1-4-10-22,23-11-5-2-6-12-23)31-26(30)21-17-15-20(19-29)16-18-21/h1-18H,19,29H2. The summed E-state index contributed by atoms with van der Waals surface area (Å²) in [5.74, 6) is -0.448. The van der Waals surface area contributed by atoms with E-state index in [-0.39, 0.29) is 0 Å². The number of carbonyl (C=O) groups is 1. The van der Waals surface area contributed by atoms with Gasteiger partial charge in [0.2, 0.25) is 0 Å². The van der Waals surface area contributed by atoms with Crippen LogP contribution >= 0.6 is 11.6 Å². The first-order chi connectivity index (χ1) is 15.1. The highest BCUT2D eigenvalue weighted by Gasteiger charge is 2.42. The highest BCUT2D eigenvalue weighted by molar-refractivity contribution is 6.31. The lowest BCUT2D eigenvalue weighted by Crippen LogP contribution is -2.35. The van der Waals surface area contributed by atoms with Crippen LogP contribution in [0, 0.1) is 0 Å². The monoisotopic (exact) mass is 427 g/mol. The molecular weight excluding hydrogens is 406 g/mol. The van der Waals surface area contributed by atoms with E-state index in [1.165, 1.54) is 0 Å². The fraction of sp³-hybridized carbons (Fsp3) is 0.0741. The van der Waals surface area contributed by atoms with Crippen molar-refractivity contribution in [3.8, 4) is 0 Å². The smallest absolute Gasteiger partial charge is 0.339 e. The Kier molecular flexibility index (Phi) is 6.17. The predicted molar refractivity (Wildman–Crippen MR) is 124 cm³/mol. The van der Waals surface area contributed by atoms with Gasteiger partial charge >= 0.3 is 5.97 Å². The van der Waals surface area contributed by atoms with Crippen molar-refractivity contribution in [1.29, 1.82) is 0 Å². The zero-order valence-corrected chi connectivity index (χ0v) is 17.6. The van der Waals surface area contributed by atoms with Gasteiger partial charge < -0.3 is 10.5 Å². The van der Waals surface area contributed by atoms with Crippen LogP contribution in [0.2, 0.25) is 5.02 Å². The van der Waals surface area contributed by atoms with Gasteiger partial charge in [-0.1, -0.05) is 103 Å². The third-order valence-corrected chi connectivity index (χ3v) is 5.61. The summed E-state index contributed by atoms with van der Waals surface area (Å²) in [5, 5.41) is 0.515. The van der Waals surface area contributed by atoms with Crippen LogP contribution in [0.15, 0.2) is 109 Å². The Labute approximate surface area is 187 Å². The van der Waals surface area contributed by atoms with Crippen LogP contribution < -0.4 is 5.73 Å². The lowest BCUT2D eigenvalue weighted by atomic mass is 9.80. The van der Waals surface area contributed by atoms with Crippen LogP contribution in [0.3, 0.4) is 0 Å². The average Bonchev–Trinajstić information content (AvgIpc) is 2.84. The molecule has 0 spiro atoms. The number of carbonyl (C=O) groups excluding carboxylic acids is 1. The third kappa shape index (κ3) is 4.11. The number of esters is 1. The third-order valence-electron chi connectivity index (χ3n) is 5.28. The van der Waals surface area contributed by atoms with E-state index in [9.17, 15) is 4.79 Å². The summed E-state index contributed by atoms with van der Waals surface area (Å²) in [7, 11) is 0. The van der Waals surface area contributed by atoms with Crippen LogP contribution in [-0.2, 0) is 16.9 Å². The van der Waals surface area contributed by atoms with Gasteiger partial charge in [-0.15, -0.1) is 0 Å². The van der Waals surface area contributed by atoms with Crippen molar-refractivity contribution in [3.05, 3.63) is 142 Å². The molecule has 3 nitrogen and oxygen atoms in total. The molecular formula is C27H22ClNO2. The molecule has 2 N–H and O–H groups in total. The molecule has 0 saturated heterocycles. The van der Waals surface area contributed by atoms with Crippen molar-refractivity contribution in [2.75, 3.05) is 0 Å². The fourth-order valence-electron chi connectivity index (χ4n) is 3.72. The van der Waals surface area contributed by atoms with Crippen molar-refractivity contribution < 1.29 is 9.53 Å². The normalized spacial score (nSPS) is 11.2. The summed E-state index contributed by atoms with van der Waals surface area (Å²) in [6, 6.07) is 33.9. The predicted octanol–water partition coefficient (Wildman–Crippen LogP) is 5.95. The molecule has 0 aliphatic rings. The Morgan fingerprint density at radius 1 is 0.742 bits per heavy atom. The van der Waals surface area contributed by atoms with Gasteiger partial charge in [0.25, 0.3) is 0 Å². The molecule has 4 rings (SSSR count). The van der Waals surface area contributed by atoms with Crippen LogP contribution in [0.4, 0.5) is 0 Å². The second-order valence-electron chi connectivity index (χ2n) is 7.18. The summed E-state index contributed by atoms with van der Waals surface area (Å²) in [4.78, 5) is 13.4. The van der Waals surface area contributed by atoms with E-state index < -0.39 is 11.6 Å². The number of hydrogen-bond acceptors (Lipinski definition) is 3. The molecule has 154 valence electrons. The maximum atomic E-state index is 13.4. The molecule has 4 heteroatoms. The van der Waals surface area contributed by atoms with Gasteiger partial charge in [-0.05, 0) is 23.8 Å². The van der Waals surface area contributed by atoms with E-state index in [4.69, 9.17) is 22.1 Å². The number of benzene rings is 4. The number of ether oxygens (including phenoxy) is 1. The van der Waals surface area contributed by atoms with Crippen molar-refractivity contribution in [1.82, 2.24) is 0 Å². The largest absolute Gasteiger partial charge is 0.441 e. The Morgan fingerprint density at radius 2 is 1.26 bits per heavy atom. The summed E-state index contributed by atoms with van der Waals surface area (Å²) in [5.41, 5.74) is 8.17. The van der Waals surface area contributed by atoms with E-state index in [0.717, 1.165) is 16.7 Å². The molecule has 0 amide bonds. The van der Waals surface area contributed by atoms with E-state index in [0.29, 0.717) is 22.7 Å². The minimum absolute atomic E-state index is 0.410. The highest BCUT2D eigenvalue weighted by atomic mass is 35.5. The summed E-state index contributed by atoms with van der Waals surface area (Å²) in [6.45, 7) is 0.410. The number of rotatable bonds is 6. The average molecular weight is 428 g/mol. The van der Waals surface area contributed by atoms with Crippen LogP contribution in [0.25, 0.3) is 0 Å². The van der Waals surface area contributed by atoms with Crippen LogP contribution in [0.5, 0.6) is 0 Å². The molecule has 0 radical (unpaired) electrons. The Morgan fingerprint density at radius 3 is 1.77 bits per heavy atom. The molecule has 4 aromatic carbocycles. The van der Waals surface area contributed by atoms with Crippen LogP contribution in [0.1, 0.15) is 32.6 Å². The molecule has 4 aromatic rings. The first kappa shape index (κ1) is 20.9. The maximum absolute atomic E-state index is 13.4. The molecule has 31 heavy (non-hydrogen) atoms. The Balaban J connectivity index is 1.93. The van der Waals surface area contributed by atoms with Crippen molar-refractivity contribution in [2.24, 2.45) is 5.73 Å². The van der Waals surface area contributed by atoms with Gasteiger partial charge in [0.1, 0.15) is 0 Å². The lowest BCUT2D eigenvalue weighted by Gasteiger charge is -2.36. The van der Waals surface area contributed by atoms with Gasteiger partial charge in [-0.2, -0.15) is 0 Å². The number of halogens is 1. The lowest BCUT2D eigenvalue weighted by molar-refractivity contribution is 0.0142. The molecule has 0 fully saturated rings. The maximum Gasteiger partial charge on any atom is 0.339 e. The minimum atomic E-state index is -1.22. The van der Waals surface area contributed by atoms with Gasteiger partial charge in [-0.25, -0.2) is 4.79 Å². The second kappa shape index (κ2) is 9.17. The molecule has 0 aliphatic heterocycles. The number of hydrogen-bond donors (Lipinski definition) is 1. The quantitative estimate of drug-likeness (QED) is 0.305. The van der Waals surface area contributed by atoms with Crippen LogP contribution in [-0.4, -0.2) is 5.97 Å². The van der Waals surface area contributed by atoms with E-state index in [1.54, 1.807) is 18.2 Å². The SMILES string of the molecule is NCc1ccc(C(=O)OC(c2ccccc2)(c2ccccc2)c2ccccc2Cl)cc1. The Bertz CT molecular complexity index is 1120. The van der Waals surface area contributed by atoms with E-state index in [2.05, 4.69) is 0 Å². The molecule has 0 aliphatic carbocycles. The van der Waals surface area contributed by atoms with Crippen molar-refractivity contribution in [3.63, 3.8) is 0 Å². The number of nitrogens with two attached hydrogens (primary N) is 1. The zero-order valence-electron chi connectivity index (χ0n) is 16.9. The van der Waals surface area contributed by atoms with Gasteiger partial charge in [0.15, 0.2) is 5.60 Å². The molecule has 0 aromatic heterocycles. The molecule has 0 saturated carbocycles. The fourth-order valence-corrected chi connectivity index (χ4v) is 3.99. The van der Waals surface area contributed by atoms with Gasteiger partial charge in [0, 0.05) is 28.3 Å².